The number of aromatic nitrogens is 1. The lowest BCUT2D eigenvalue weighted by molar-refractivity contribution is -0.109. The molecule has 1 fully saturated rings. The van der Waals surface area contributed by atoms with Gasteiger partial charge in [-0.2, -0.15) is 0 Å². The van der Waals surface area contributed by atoms with Crippen LogP contribution in [-0.4, -0.2) is 23.0 Å². The first-order valence-electron chi connectivity index (χ1n) is 6.29. The van der Waals surface area contributed by atoms with Gasteiger partial charge in [0.1, 0.15) is 17.9 Å². The molecule has 0 saturated heterocycles. The third kappa shape index (κ3) is 3.76. The summed E-state index contributed by atoms with van der Waals surface area (Å²) in [6, 6.07) is -0.669. The van der Waals surface area contributed by atoms with Crippen LogP contribution in [0.3, 0.4) is 0 Å². The van der Waals surface area contributed by atoms with Crippen molar-refractivity contribution in [2.75, 3.05) is 0 Å². The predicted molar refractivity (Wildman–Crippen MR) is 72.3 cm³/mol. The number of alkyl carbamates (subject to hydrolysis) is 1. The first kappa shape index (κ1) is 14.0. The van der Waals surface area contributed by atoms with Crippen molar-refractivity contribution in [3.8, 4) is 0 Å². The maximum absolute atomic E-state index is 11.7. The molecule has 1 aliphatic rings. The van der Waals surface area contributed by atoms with E-state index in [0.29, 0.717) is 5.92 Å². The minimum atomic E-state index is -0.669. The van der Waals surface area contributed by atoms with Crippen molar-refractivity contribution in [3.05, 3.63) is 16.1 Å². The third-order valence-electron chi connectivity index (χ3n) is 2.68. The van der Waals surface area contributed by atoms with Crippen molar-refractivity contribution in [1.29, 1.82) is 0 Å². The Hall–Kier alpha value is -1.43. The van der Waals surface area contributed by atoms with Gasteiger partial charge in [-0.05, 0) is 33.6 Å². The SMILES string of the molecule is CC(C)(C)OC(=O)NC(C=O)c1scnc1C1CC1. The zero-order valence-electron chi connectivity index (χ0n) is 11.3. The number of nitrogens with one attached hydrogen (secondary N) is 1. The van der Waals surface area contributed by atoms with Crippen molar-refractivity contribution in [2.45, 2.75) is 51.2 Å². The van der Waals surface area contributed by atoms with Crippen molar-refractivity contribution in [3.63, 3.8) is 0 Å². The van der Waals surface area contributed by atoms with Gasteiger partial charge >= 0.3 is 6.09 Å². The van der Waals surface area contributed by atoms with Crippen LogP contribution in [0.5, 0.6) is 0 Å². The van der Waals surface area contributed by atoms with E-state index in [0.717, 1.165) is 29.7 Å². The number of carbonyl (C=O) groups is 2. The summed E-state index contributed by atoms with van der Waals surface area (Å²) in [5, 5.41) is 2.59. The Kier molecular flexibility index (Phi) is 3.89. The Bertz CT molecular complexity index is 474. The Morgan fingerprint density at radius 1 is 1.58 bits per heavy atom. The first-order valence-corrected chi connectivity index (χ1v) is 7.17. The summed E-state index contributed by atoms with van der Waals surface area (Å²) in [4.78, 5) is 28.0. The van der Waals surface area contributed by atoms with Gasteiger partial charge < -0.3 is 14.8 Å². The van der Waals surface area contributed by atoms with Gasteiger partial charge in [0.2, 0.25) is 0 Å². The summed E-state index contributed by atoms with van der Waals surface area (Å²) in [5.74, 6) is 0.448. The third-order valence-corrected chi connectivity index (χ3v) is 3.61. The topological polar surface area (TPSA) is 68.3 Å². The van der Waals surface area contributed by atoms with Crippen molar-refractivity contribution in [2.24, 2.45) is 0 Å². The number of ether oxygens (including phenoxy) is 1. The highest BCUT2D eigenvalue weighted by molar-refractivity contribution is 7.10. The minimum absolute atomic E-state index is 0.448. The average molecular weight is 282 g/mol. The van der Waals surface area contributed by atoms with Gasteiger partial charge in [-0.3, -0.25) is 0 Å². The molecule has 1 aromatic heterocycles. The molecule has 1 N–H and O–H groups in total. The fourth-order valence-electron chi connectivity index (χ4n) is 1.76. The molecule has 0 bridgehead atoms. The summed E-state index contributed by atoms with van der Waals surface area (Å²) < 4.78 is 5.16. The van der Waals surface area contributed by atoms with Crippen LogP contribution in [0.25, 0.3) is 0 Å². The molecule has 1 heterocycles. The largest absolute Gasteiger partial charge is 0.444 e. The number of thiazole rings is 1. The van der Waals surface area contributed by atoms with Crippen LogP contribution < -0.4 is 5.32 Å². The predicted octanol–water partition coefficient (Wildman–Crippen LogP) is 2.79. The maximum Gasteiger partial charge on any atom is 0.408 e. The zero-order valence-corrected chi connectivity index (χ0v) is 12.1. The number of nitrogens with zero attached hydrogens (tertiary/aromatic N) is 1. The number of carbonyl (C=O) groups excluding carboxylic acids is 2. The molecule has 0 radical (unpaired) electrons. The van der Waals surface area contributed by atoms with Gasteiger partial charge in [0.15, 0.2) is 0 Å². The van der Waals surface area contributed by atoms with Crippen LogP contribution in [0.15, 0.2) is 5.51 Å². The second kappa shape index (κ2) is 5.28. The molecule has 6 heteroatoms. The minimum Gasteiger partial charge on any atom is -0.444 e. The molecule has 19 heavy (non-hydrogen) atoms. The van der Waals surface area contributed by atoms with Crippen molar-refractivity contribution < 1.29 is 14.3 Å². The highest BCUT2D eigenvalue weighted by atomic mass is 32.1. The monoisotopic (exact) mass is 282 g/mol. The number of amides is 1. The van der Waals surface area contributed by atoms with E-state index in [1.165, 1.54) is 11.3 Å². The van der Waals surface area contributed by atoms with Crippen LogP contribution in [0.2, 0.25) is 0 Å². The molecule has 0 spiro atoms. The molecule has 0 aliphatic heterocycles. The first-order chi connectivity index (χ1) is 8.90. The van der Waals surface area contributed by atoms with Crippen LogP contribution >= 0.6 is 11.3 Å². The van der Waals surface area contributed by atoms with Gasteiger partial charge in [-0.1, -0.05) is 0 Å². The molecule has 1 amide bonds. The van der Waals surface area contributed by atoms with E-state index < -0.39 is 17.7 Å². The lowest BCUT2D eigenvalue weighted by Gasteiger charge is -2.21. The smallest absolute Gasteiger partial charge is 0.408 e. The van der Waals surface area contributed by atoms with Gasteiger partial charge in [-0.15, -0.1) is 11.3 Å². The van der Waals surface area contributed by atoms with E-state index in [9.17, 15) is 9.59 Å². The molecule has 1 unspecified atom stereocenters. The lowest BCUT2D eigenvalue weighted by atomic mass is 10.1. The second-order valence-corrected chi connectivity index (χ2v) is 6.52. The van der Waals surface area contributed by atoms with Gasteiger partial charge in [0.05, 0.1) is 16.1 Å². The second-order valence-electron chi connectivity index (χ2n) is 5.64. The molecule has 2 rings (SSSR count). The highest BCUT2D eigenvalue weighted by Crippen LogP contribution is 2.43. The normalized spacial score (nSPS) is 16.8. The van der Waals surface area contributed by atoms with Crippen LogP contribution in [-0.2, 0) is 9.53 Å². The highest BCUT2D eigenvalue weighted by Gasteiger charge is 2.32. The zero-order chi connectivity index (χ0) is 14.0. The Morgan fingerprint density at radius 2 is 2.26 bits per heavy atom. The molecular weight excluding hydrogens is 264 g/mol. The van der Waals surface area contributed by atoms with E-state index in [1.807, 2.05) is 0 Å². The lowest BCUT2D eigenvalue weighted by Crippen LogP contribution is -2.35. The van der Waals surface area contributed by atoms with Crippen molar-refractivity contribution >= 4 is 23.7 Å². The maximum atomic E-state index is 11.7. The van der Waals surface area contributed by atoms with Crippen LogP contribution in [0.1, 0.15) is 56.1 Å². The molecule has 1 saturated carbocycles. The van der Waals surface area contributed by atoms with E-state index in [4.69, 9.17) is 4.74 Å². The fourth-order valence-corrected chi connectivity index (χ4v) is 2.64. The standard InChI is InChI=1S/C13H18N2O3S/c1-13(2,3)18-12(17)15-9(6-16)11-10(8-4-5-8)14-7-19-11/h6-9H,4-5H2,1-3H3,(H,15,17). The molecule has 0 aromatic carbocycles. The number of hydrogen-bond acceptors (Lipinski definition) is 5. The summed E-state index contributed by atoms with van der Waals surface area (Å²) >= 11 is 1.40. The van der Waals surface area contributed by atoms with E-state index in [2.05, 4.69) is 10.3 Å². The Labute approximate surface area is 116 Å². The van der Waals surface area contributed by atoms with E-state index in [1.54, 1.807) is 26.3 Å². The average Bonchev–Trinajstić information content (AvgIpc) is 3.02. The number of rotatable bonds is 4. The molecule has 1 aromatic rings. The van der Waals surface area contributed by atoms with E-state index >= 15 is 0 Å². The Morgan fingerprint density at radius 3 is 2.79 bits per heavy atom. The van der Waals surface area contributed by atoms with Gasteiger partial charge in [0, 0.05) is 5.92 Å². The Balaban J connectivity index is 2.05. The summed E-state index contributed by atoms with van der Waals surface area (Å²) in [7, 11) is 0. The number of hydrogen-bond donors (Lipinski definition) is 1. The fraction of sp³-hybridized carbons (Fsp3) is 0.615. The summed E-state index contributed by atoms with van der Waals surface area (Å²) in [6.45, 7) is 5.35. The summed E-state index contributed by atoms with van der Waals surface area (Å²) in [5.41, 5.74) is 2.08. The summed E-state index contributed by atoms with van der Waals surface area (Å²) in [6.07, 6.45) is 2.35. The molecular formula is C13H18N2O3S. The molecule has 1 atom stereocenters. The van der Waals surface area contributed by atoms with Crippen LogP contribution in [0, 0.1) is 0 Å². The number of aldehydes is 1. The van der Waals surface area contributed by atoms with Crippen molar-refractivity contribution in [1.82, 2.24) is 10.3 Å². The molecule has 5 nitrogen and oxygen atoms in total. The van der Waals surface area contributed by atoms with Crippen LogP contribution in [0.4, 0.5) is 4.79 Å². The van der Waals surface area contributed by atoms with E-state index in [-0.39, 0.29) is 0 Å². The van der Waals surface area contributed by atoms with Gasteiger partial charge in [-0.25, -0.2) is 9.78 Å². The molecule has 104 valence electrons. The quantitative estimate of drug-likeness (QED) is 0.862. The van der Waals surface area contributed by atoms with Gasteiger partial charge in [0.25, 0.3) is 0 Å². The molecule has 1 aliphatic carbocycles.